The second kappa shape index (κ2) is 14.9. The summed E-state index contributed by atoms with van der Waals surface area (Å²) in [5.74, 6) is -0.316. The molecule has 0 N–H and O–H groups in total. The van der Waals surface area contributed by atoms with Crippen molar-refractivity contribution in [3.63, 3.8) is 0 Å². The summed E-state index contributed by atoms with van der Waals surface area (Å²) in [6.45, 7) is 12.0. The third-order valence-corrected chi connectivity index (χ3v) is 3.39. The molecule has 1 nitrogen and oxygen atoms in total. The van der Waals surface area contributed by atoms with Crippen LogP contribution in [-0.4, -0.2) is 4.21 Å². The first kappa shape index (κ1) is 21.8. The Bertz CT molecular complexity index is 466. The van der Waals surface area contributed by atoms with Gasteiger partial charge in [0, 0.05) is 9.79 Å². The Morgan fingerprint density at radius 3 is 1.48 bits per heavy atom. The second-order valence-corrected chi connectivity index (χ2v) is 4.52. The van der Waals surface area contributed by atoms with E-state index in [1.165, 1.54) is 12.1 Å². The maximum Gasteiger partial charge on any atom is 0.123 e. The van der Waals surface area contributed by atoms with Gasteiger partial charge in [0.05, 0.1) is 10.8 Å². The minimum Gasteiger partial charge on any atom is -0.249 e. The van der Waals surface area contributed by atoms with Gasteiger partial charge >= 0.3 is 0 Å². The van der Waals surface area contributed by atoms with Gasteiger partial charge in [0.1, 0.15) is 5.82 Å². The zero-order valence-electron chi connectivity index (χ0n) is 13.9. The molecule has 1 unspecified atom stereocenters. The van der Waals surface area contributed by atoms with E-state index in [0.29, 0.717) is 4.90 Å². The molecule has 118 valence electrons. The first-order chi connectivity index (χ1) is 10.3. The Balaban J connectivity index is 0. The van der Waals surface area contributed by atoms with Crippen molar-refractivity contribution in [2.75, 3.05) is 0 Å². The fourth-order valence-electron chi connectivity index (χ4n) is 1.24. The van der Waals surface area contributed by atoms with Gasteiger partial charge in [0.2, 0.25) is 0 Å². The fourth-order valence-corrected chi connectivity index (χ4v) is 2.30. The van der Waals surface area contributed by atoms with Gasteiger partial charge in [-0.25, -0.2) is 8.60 Å². The van der Waals surface area contributed by atoms with Crippen LogP contribution in [-0.2, 0) is 10.8 Å². The van der Waals surface area contributed by atoms with Crippen molar-refractivity contribution >= 4 is 10.8 Å². The molecule has 0 amide bonds. The predicted octanol–water partition coefficient (Wildman–Crippen LogP) is 6.07. The van der Waals surface area contributed by atoms with Gasteiger partial charge in [-0.2, -0.15) is 0 Å². The average molecular weight is 310 g/mol. The maximum atomic E-state index is 12.7. The highest BCUT2D eigenvalue weighted by Gasteiger charge is 2.05. The maximum absolute atomic E-state index is 12.7. The van der Waals surface area contributed by atoms with Crippen LogP contribution in [0.5, 0.6) is 0 Å². The molecule has 0 aliphatic carbocycles. The largest absolute Gasteiger partial charge is 0.249 e. The van der Waals surface area contributed by atoms with Crippen LogP contribution in [0, 0.1) is 5.82 Å². The number of hydrogen-bond acceptors (Lipinski definition) is 1. The van der Waals surface area contributed by atoms with Crippen molar-refractivity contribution in [2.45, 2.75) is 51.3 Å². The summed E-state index contributed by atoms with van der Waals surface area (Å²) in [6, 6.07) is 14.8. The molecule has 0 spiro atoms. The first-order valence-electron chi connectivity index (χ1n) is 7.50. The Kier molecular flexibility index (Phi) is 15.5. The molecule has 0 heterocycles. The molecule has 2 aromatic carbocycles. The topological polar surface area (TPSA) is 17.1 Å². The molecule has 2 aromatic rings. The van der Waals surface area contributed by atoms with E-state index in [1.807, 2.05) is 59.7 Å². The van der Waals surface area contributed by atoms with E-state index in [0.717, 1.165) is 4.90 Å². The Labute approximate surface area is 131 Å². The normalized spacial score (nSPS) is 9.67. The van der Waals surface area contributed by atoms with Crippen LogP contribution in [0.25, 0.3) is 0 Å². The Morgan fingerprint density at radius 1 is 0.667 bits per heavy atom. The monoisotopic (exact) mass is 310 g/mol. The molecule has 0 aromatic heterocycles. The van der Waals surface area contributed by atoms with Gasteiger partial charge < -0.3 is 0 Å². The van der Waals surface area contributed by atoms with Crippen LogP contribution in [0.1, 0.15) is 41.5 Å². The Morgan fingerprint density at radius 2 is 1.05 bits per heavy atom. The summed E-state index contributed by atoms with van der Waals surface area (Å²) >= 11 is 0. The smallest absolute Gasteiger partial charge is 0.123 e. The van der Waals surface area contributed by atoms with E-state index in [1.54, 1.807) is 24.3 Å². The number of halogens is 1. The lowest BCUT2D eigenvalue weighted by atomic mass is 10.3. The zero-order valence-corrected chi connectivity index (χ0v) is 14.7. The first-order valence-corrected chi connectivity index (χ1v) is 8.65. The predicted molar refractivity (Wildman–Crippen MR) is 91.6 cm³/mol. The lowest BCUT2D eigenvalue weighted by Gasteiger charge is -2.01. The highest BCUT2D eigenvalue weighted by Crippen LogP contribution is 2.15. The summed E-state index contributed by atoms with van der Waals surface area (Å²) in [4.78, 5) is 1.34. The highest BCUT2D eigenvalue weighted by molar-refractivity contribution is 7.85. The lowest BCUT2D eigenvalue weighted by molar-refractivity contribution is 0.626. The third-order valence-electron chi connectivity index (χ3n) is 1.98. The molecule has 1 atom stereocenters. The van der Waals surface area contributed by atoms with E-state index in [2.05, 4.69) is 0 Å². The van der Waals surface area contributed by atoms with E-state index in [4.69, 9.17) is 0 Å². The van der Waals surface area contributed by atoms with Crippen molar-refractivity contribution in [1.82, 2.24) is 0 Å². The summed E-state index contributed by atoms with van der Waals surface area (Å²) < 4.78 is 24.6. The molecule has 21 heavy (non-hydrogen) atoms. The molecule has 0 bridgehead atoms. The van der Waals surface area contributed by atoms with Crippen LogP contribution in [0.3, 0.4) is 0 Å². The number of benzene rings is 2. The SMILES string of the molecule is CC.CC.CC.O=S(c1ccccc1)c1ccc(F)cc1. The minimum absolute atomic E-state index is 0.316. The third kappa shape index (κ3) is 8.41. The van der Waals surface area contributed by atoms with Crippen LogP contribution >= 0.6 is 0 Å². The van der Waals surface area contributed by atoms with Crippen LogP contribution in [0.2, 0.25) is 0 Å². The van der Waals surface area contributed by atoms with Gasteiger partial charge in [0.15, 0.2) is 0 Å². The van der Waals surface area contributed by atoms with Gasteiger partial charge in [-0.3, -0.25) is 0 Å². The van der Waals surface area contributed by atoms with E-state index >= 15 is 0 Å². The van der Waals surface area contributed by atoms with Crippen LogP contribution < -0.4 is 0 Å². The van der Waals surface area contributed by atoms with Gasteiger partial charge in [-0.15, -0.1) is 0 Å². The van der Waals surface area contributed by atoms with Gasteiger partial charge in [0.25, 0.3) is 0 Å². The van der Waals surface area contributed by atoms with Crippen molar-refractivity contribution in [2.24, 2.45) is 0 Å². The fraction of sp³-hybridized carbons (Fsp3) is 0.333. The second-order valence-electron chi connectivity index (χ2n) is 3.04. The van der Waals surface area contributed by atoms with E-state index in [9.17, 15) is 8.60 Å². The summed E-state index contributed by atoms with van der Waals surface area (Å²) in [5, 5.41) is 0. The van der Waals surface area contributed by atoms with E-state index in [-0.39, 0.29) is 5.82 Å². The summed E-state index contributed by atoms with van der Waals surface area (Å²) in [5.41, 5.74) is 0. The summed E-state index contributed by atoms with van der Waals surface area (Å²) in [6.07, 6.45) is 0. The standard InChI is InChI=1S/C12H9FOS.3C2H6/c13-10-6-8-12(9-7-10)15(14)11-4-2-1-3-5-11;3*1-2/h1-9H;3*1-2H3. The van der Waals surface area contributed by atoms with Gasteiger partial charge in [-0.05, 0) is 36.4 Å². The lowest BCUT2D eigenvalue weighted by Crippen LogP contribution is -1.92. The molecule has 0 saturated heterocycles. The molecule has 0 saturated carbocycles. The molecule has 0 fully saturated rings. The van der Waals surface area contributed by atoms with E-state index < -0.39 is 10.8 Å². The average Bonchev–Trinajstić information content (AvgIpc) is 2.61. The van der Waals surface area contributed by atoms with Crippen molar-refractivity contribution in [3.05, 3.63) is 60.4 Å². The van der Waals surface area contributed by atoms with Crippen LogP contribution in [0.4, 0.5) is 4.39 Å². The van der Waals surface area contributed by atoms with Gasteiger partial charge in [-0.1, -0.05) is 59.7 Å². The molecule has 0 radical (unpaired) electrons. The molecule has 3 heteroatoms. The quantitative estimate of drug-likeness (QED) is 0.658. The minimum atomic E-state index is -1.22. The van der Waals surface area contributed by atoms with Crippen molar-refractivity contribution in [1.29, 1.82) is 0 Å². The zero-order chi connectivity index (χ0) is 16.7. The van der Waals surface area contributed by atoms with Crippen molar-refractivity contribution < 1.29 is 8.60 Å². The number of rotatable bonds is 2. The molecular weight excluding hydrogens is 283 g/mol. The molecular formula is C18H27FOS. The summed E-state index contributed by atoms with van der Waals surface area (Å²) in [7, 11) is -1.22. The number of hydrogen-bond donors (Lipinski definition) is 0. The molecule has 0 aliphatic heterocycles. The highest BCUT2D eigenvalue weighted by atomic mass is 32.2. The molecule has 2 rings (SSSR count). The molecule has 0 aliphatic rings. The Hall–Kier alpha value is -1.48. The van der Waals surface area contributed by atoms with Crippen molar-refractivity contribution in [3.8, 4) is 0 Å². The van der Waals surface area contributed by atoms with Crippen LogP contribution in [0.15, 0.2) is 64.4 Å².